The van der Waals surface area contributed by atoms with Gasteiger partial charge in [0.2, 0.25) is 11.8 Å². The van der Waals surface area contributed by atoms with E-state index in [9.17, 15) is 19.2 Å². The summed E-state index contributed by atoms with van der Waals surface area (Å²) in [6, 6.07) is 12.0. The Morgan fingerprint density at radius 3 is 2.41 bits per heavy atom. The SMILES string of the molecule is C=C(CC)C1CCC(c2ncc(-c3ccc4c(c3)COc3cc5c(ccc6[nH]c(C7CCC(C)N7C(=O)C(COC)NC(=O)OC)nc65)cc3-4)[nH]2)N1C(=O)C(C)NC(=O)OC. The maximum Gasteiger partial charge on any atom is 0.407 e. The molecule has 61 heavy (non-hydrogen) atoms. The first-order valence-corrected chi connectivity index (χ1v) is 20.7. The van der Waals surface area contributed by atoms with E-state index < -0.39 is 24.3 Å². The van der Waals surface area contributed by atoms with E-state index in [0.29, 0.717) is 31.1 Å². The van der Waals surface area contributed by atoms with Crippen LogP contribution in [-0.4, -0.2) is 106 Å². The molecular formula is C45H52N8O8. The summed E-state index contributed by atoms with van der Waals surface area (Å²) in [5.74, 6) is 1.62. The van der Waals surface area contributed by atoms with E-state index in [2.05, 4.69) is 57.5 Å². The molecule has 3 aliphatic heterocycles. The molecule has 2 aromatic heterocycles. The smallest absolute Gasteiger partial charge is 0.407 e. The number of rotatable bonds is 11. The fourth-order valence-corrected chi connectivity index (χ4v) is 9.17. The standard InChI is InChI=1S/C45H52N8O8/c1-8-23(2)35-15-16-36(53(35)42(54)25(4)47-44(56)59-6)40-46-20-33(49-40)27-10-12-29-28(17-27)21-61-38-19-30-26(18-31(29)38)11-13-32-39(30)51-41(48-32)37-14-9-24(3)52(37)43(55)34(22-58-5)50-45(57)60-7/h10-13,17-20,24-25,34-37H,2,8-9,14-16,21-22H2,1,3-7H3,(H,46,49)(H,47,56)(H,48,51)(H,50,57). The van der Waals surface area contributed by atoms with Gasteiger partial charge in [-0.05, 0) is 92.3 Å². The molecule has 16 nitrogen and oxygen atoms in total. The van der Waals surface area contributed by atoms with Crippen LogP contribution in [0.1, 0.15) is 82.2 Å². The van der Waals surface area contributed by atoms with Crippen LogP contribution in [0.25, 0.3) is 44.2 Å². The number of H-pyrrole nitrogens is 2. The van der Waals surface area contributed by atoms with Crippen LogP contribution in [0, 0.1) is 0 Å². The summed E-state index contributed by atoms with van der Waals surface area (Å²) in [6.07, 6.45) is 4.10. The van der Waals surface area contributed by atoms with Crippen molar-refractivity contribution in [2.75, 3.05) is 27.9 Å². The molecule has 2 fully saturated rings. The van der Waals surface area contributed by atoms with Gasteiger partial charge in [-0.15, -0.1) is 0 Å². The zero-order valence-electron chi connectivity index (χ0n) is 35.3. The number of imidazole rings is 2. The zero-order chi connectivity index (χ0) is 43.1. The van der Waals surface area contributed by atoms with E-state index >= 15 is 0 Å². The number of benzene rings is 3. The third-order valence-electron chi connectivity index (χ3n) is 12.4. The number of carbonyl (C=O) groups excluding carboxylic acids is 4. The lowest BCUT2D eigenvalue weighted by Gasteiger charge is -2.32. The van der Waals surface area contributed by atoms with Crippen LogP contribution in [0.4, 0.5) is 9.59 Å². The summed E-state index contributed by atoms with van der Waals surface area (Å²) in [7, 11) is 4.01. The summed E-state index contributed by atoms with van der Waals surface area (Å²) in [6.45, 7) is 10.3. The van der Waals surface area contributed by atoms with Crippen LogP contribution in [0.3, 0.4) is 0 Å². The van der Waals surface area contributed by atoms with Crippen molar-refractivity contribution in [3.05, 3.63) is 78.0 Å². The topological polar surface area (TPSA) is 193 Å². The normalized spacial score (nSPS) is 20.4. The van der Waals surface area contributed by atoms with Crippen molar-refractivity contribution >= 4 is 45.8 Å². The van der Waals surface area contributed by atoms with E-state index in [-0.39, 0.29) is 42.6 Å². The Bertz CT molecular complexity index is 2530. The van der Waals surface area contributed by atoms with Gasteiger partial charge in [-0.2, -0.15) is 0 Å². The second kappa shape index (κ2) is 16.9. The molecular weight excluding hydrogens is 781 g/mol. The minimum atomic E-state index is -0.905. The maximum atomic E-state index is 13.8. The van der Waals surface area contributed by atoms with Crippen LogP contribution in [0.5, 0.6) is 5.75 Å². The quantitative estimate of drug-likeness (QED) is 0.103. The van der Waals surface area contributed by atoms with E-state index in [1.807, 2.05) is 30.9 Å². The summed E-state index contributed by atoms with van der Waals surface area (Å²) < 4.78 is 21.2. The molecule has 0 bridgehead atoms. The molecule has 4 N–H and O–H groups in total. The van der Waals surface area contributed by atoms with Gasteiger partial charge in [0.05, 0.1) is 61.9 Å². The molecule has 0 saturated carbocycles. The number of alkyl carbamates (subject to hydrolysis) is 2. The Hall–Kier alpha value is -6.42. The number of nitrogens with one attached hydrogen (secondary N) is 4. The number of aromatic amines is 2. The van der Waals surface area contributed by atoms with Crippen molar-refractivity contribution in [2.45, 2.75) is 95.7 Å². The highest BCUT2D eigenvalue weighted by Crippen LogP contribution is 2.44. The molecule has 320 valence electrons. The molecule has 5 aromatic rings. The van der Waals surface area contributed by atoms with Crippen molar-refractivity contribution in [1.29, 1.82) is 0 Å². The Kier molecular flexibility index (Phi) is 11.5. The highest BCUT2D eigenvalue weighted by atomic mass is 16.5. The molecule has 3 aromatic carbocycles. The average molecular weight is 833 g/mol. The highest BCUT2D eigenvalue weighted by molar-refractivity contribution is 6.07. The van der Waals surface area contributed by atoms with Gasteiger partial charge in [0.1, 0.15) is 36.1 Å². The Morgan fingerprint density at radius 1 is 0.902 bits per heavy atom. The molecule has 0 aliphatic carbocycles. The van der Waals surface area contributed by atoms with Crippen molar-refractivity contribution in [2.24, 2.45) is 0 Å². The molecule has 6 atom stereocenters. The number of nitrogens with zero attached hydrogens (tertiary/aromatic N) is 4. The molecule has 4 amide bonds. The van der Waals surface area contributed by atoms with Gasteiger partial charge in [0.25, 0.3) is 0 Å². The molecule has 0 radical (unpaired) electrons. The maximum absolute atomic E-state index is 13.8. The van der Waals surface area contributed by atoms with E-state index in [0.717, 1.165) is 80.3 Å². The first kappa shape index (κ1) is 41.3. The predicted octanol–water partition coefficient (Wildman–Crippen LogP) is 6.83. The fourth-order valence-electron chi connectivity index (χ4n) is 9.17. The van der Waals surface area contributed by atoms with Crippen LogP contribution in [-0.2, 0) is 30.4 Å². The van der Waals surface area contributed by atoms with Crippen molar-refractivity contribution in [3.63, 3.8) is 0 Å². The number of aromatic nitrogens is 4. The van der Waals surface area contributed by atoms with Gasteiger partial charge < -0.3 is 49.3 Å². The molecule has 5 heterocycles. The molecule has 2 saturated heterocycles. The first-order chi connectivity index (χ1) is 29.4. The molecule has 16 heteroatoms. The largest absolute Gasteiger partial charge is 0.488 e. The summed E-state index contributed by atoms with van der Waals surface area (Å²) in [5.41, 5.74) is 7.40. The number of amides is 4. The fraction of sp³-hybridized carbons (Fsp3) is 0.422. The van der Waals surface area contributed by atoms with Crippen molar-refractivity contribution < 1.29 is 38.1 Å². The van der Waals surface area contributed by atoms with Gasteiger partial charge in [-0.1, -0.05) is 37.3 Å². The predicted molar refractivity (Wildman–Crippen MR) is 227 cm³/mol. The lowest BCUT2D eigenvalue weighted by molar-refractivity contribution is -0.137. The van der Waals surface area contributed by atoms with Gasteiger partial charge >= 0.3 is 12.2 Å². The third-order valence-corrected chi connectivity index (χ3v) is 12.4. The number of ether oxygens (including phenoxy) is 4. The van der Waals surface area contributed by atoms with Crippen LogP contribution >= 0.6 is 0 Å². The lowest BCUT2D eigenvalue weighted by atomic mass is 9.92. The van der Waals surface area contributed by atoms with Crippen molar-refractivity contribution in [1.82, 2.24) is 40.4 Å². The van der Waals surface area contributed by atoms with Gasteiger partial charge in [-0.3, -0.25) is 9.59 Å². The second-order valence-corrected chi connectivity index (χ2v) is 16.1. The molecule has 8 rings (SSSR count). The van der Waals surface area contributed by atoms with Gasteiger partial charge in [-0.25, -0.2) is 19.6 Å². The van der Waals surface area contributed by atoms with Crippen LogP contribution in [0.15, 0.2) is 60.8 Å². The third kappa shape index (κ3) is 7.64. The number of likely N-dealkylation sites (tertiary alicyclic amines) is 2. The summed E-state index contributed by atoms with van der Waals surface area (Å²) >= 11 is 0. The Balaban J connectivity index is 1.05. The van der Waals surface area contributed by atoms with E-state index in [1.165, 1.54) is 21.3 Å². The van der Waals surface area contributed by atoms with Crippen LogP contribution < -0.4 is 15.4 Å². The number of fused-ring (bicyclic) bond motifs is 6. The highest BCUT2D eigenvalue weighted by Gasteiger charge is 2.43. The van der Waals surface area contributed by atoms with E-state index in [4.69, 9.17) is 28.9 Å². The molecule has 0 spiro atoms. The number of hydrogen-bond donors (Lipinski definition) is 4. The van der Waals surface area contributed by atoms with E-state index in [1.54, 1.807) is 18.0 Å². The number of hydrogen-bond acceptors (Lipinski definition) is 10. The molecule has 3 aliphatic rings. The minimum absolute atomic E-state index is 0.00683. The monoisotopic (exact) mass is 832 g/mol. The minimum Gasteiger partial charge on any atom is -0.488 e. The summed E-state index contributed by atoms with van der Waals surface area (Å²) in [5, 5.41) is 7.15. The average Bonchev–Trinajstić information content (AvgIpc) is 4.10. The van der Waals surface area contributed by atoms with Gasteiger partial charge in [0.15, 0.2) is 0 Å². The lowest BCUT2D eigenvalue weighted by Crippen LogP contribution is -2.52. The molecule has 6 unspecified atom stereocenters. The number of carbonyl (C=O) groups is 4. The second-order valence-electron chi connectivity index (χ2n) is 16.1. The first-order valence-electron chi connectivity index (χ1n) is 20.7. The summed E-state index contributed by atoms with van der Waals surface area (Å²) in [4.78, 5) is 72.1. The van der Waals surface area contributed by atoms with Gasteiger partial charge in [0, 0.05) is 24.1 Å². The van der Waals surface area contributed by atoms with Crippen LogP contribution in [0.2, 0.25) is 0 Å². The Morgan fingerprint density at radius 2 is 1.66 bits per heavy atom. The number of methoxy groups -OCH3 is 3. The van der Waals surface area contributed by atoms with Crippen molar-refractivity contribution in [3.8, 4) is 28.1 Å². The zero-order valence-corrected chi connectivity index (χ0v) is 35.3. The Labute approximate surface area is 353 Å².